The number of hydrogen-bond donors (Lipinski definition) is 1. The third-order valence-corrected chi connectivity index (χ3v) is 5.48. The zero-order valence-corrected chi connectivity index (χ0v) is 17.8. The minimum absolute atomic E-state index is 0.170. The van der Waals surface area contributed by atoms with Gasteiger partial charge in [0.15, 0.2) is 0 Å². The Kier molecular flexibility index (Phi) is 6.03. The summed E-state index contributed by atoms with van der Waals surface area (Å²) in [6.07, 6.45) is 2.99. The molecule has 1 aliphatic carbocycles. The van der Waals surface area contributed by atoms with Gasteiger partial charge in [-0.15, -0.1) is 0 Å². The van der Waals surface area contributed by atoms with Crippen LogP contribution in [0.25, 0.3) is 5.57 Å². The first kappa shape index (κ1) is 21.4. The van der Waals surface area contributed by atoms with E-state index >= 15 is 0 Å². The van der Waals surface area contributed by atoms with E-state index in [-0.39, 0.29) is 18.6 Å². The van der Waals surface area contributed by atoms with E-state index in [4.69, 9.17) is 14.6 Å². The van der Waals surface area contributed by atoms with Crippen LogP contribution < -0.4 is 0 Å². The molecule has 29 heavy (non-hydrogen) atoms. The lowest BCUT2D eigenvalue weighted by Crippen LogP contribution is -2.45. The van der Waals surface area contributed by atoms with Crippen molar-refractivity contribution in [1.82, 2.24) is 4.90 Å². The molecule has 158 valence electrons. The quantitative estimate of drug-likeness (QED) is 0.764. The SMILES string of the molecule is COC(=O)C1=C(c2ccc(CCCO)cc2)C2(CC2)CN(C(=O)OC(C)(C)C)C1. The normalized spacial score (nSPS) is 18.0. The van der Waals surface area contributed by atoms with E-state index in [1.54, 1.807) is 4.90 Å². The molecule has 1 fully saturated rings. The molecule has 1 spiro atoms. The van der Waals surface area contributed by atoms with Gasteiger partial charge in [-0.05, 0) is 63.2 Å². The summed E-state index contributed by atoms with van der Waals surface area (Å²) in [4.78, 5) is 27.0. The van der Waals surface area contributed by atoms with Crippen LogP contribution in [0.5, 0.6) is 0 Å². The molecular weight excluding hydrogens is 370 g/mol. The Labute approximate surface area is 172 Å². The molecule has 2 aliphatic rings. The van der Waals surface area contributed by atoms with Crippen LogP contribution in [0.3, 0.4) is 0 Å². The van der Waals surface area contributed by atoms with Crippen LogP contribution in [-0.4, -0.2) is 54.5 Å². The van der Waals surface area contributed by atoms with Gasteiger partial charge in [-0.3, -0.25) is 0 Å². The van der Waals surface area contributed by atoms with Crippen molar-refractivity contribution in [2.24, 2.45) is 5.41 Å². The number of aliphatic hydroxyl groups excluding tert-OH is 1. The molecule has 1 aromatic carbocycles. The van der Waals surface area contributed by atoms with Crippen molar-refractivity contribution in [3.63, 3.8) is 0 Å². The molecule has 0 atom stereocenters. The highest BCUT2D eigenvalue weighted by molar-refractivity contribution is 6.01. The highest BCUT2D eigenvalue weighted by Gasteiger charge is 2.53. The van der Waals surface area contributed by atoms with Crippen LogP contribution in [0.15, 0.2) is 29.8 Å². The van der Waals surface area contributed by atoms with Gasteiger partial charge in [-0.1, -0.05) is 24.3 Å². The number of aryl methyl sites for hydroxylation is 1. The Morgan fingerprint density at radius 3 is 2.34 bits per heavy atom. The zero-order chi connectivity index (χ0) is 21.2. The van der Waals surface area contributed by atoms with E-state index < -0.39 is 17.7 Å². The summed E-state index contributed by atoms with van der Waals surface area (Å²) in [6.45, 7) is 6.41. The number of benzene rings is 1. The van der Waals surface area contributed by atoms with Crippen molar-refractivity contribution in [3.8, 4) is 0 Å². The summed E-state index contributed by atoms with van der Waals surface area (Å²) in [5, 5.41) is 9.02. The molecular formula is C23H31NO5. The second-order valence-electron chi connectivity index (χ2n) is 8.99. The van der Waals surface area contributed by atoms with Gasteiger partial charge in [0.2, 0.25) is 0 Å². The number of nitrogens with zero attached hydrogens (tertiary/aromatic N) is 1. The van der Waals surface area contributed by atoms with Crippen LogP contribution in [0, 0.1) is 5.41 Å². The Morgan fingerprint density at radius 2 is 1.83 bits per heavy atom. The highest BCUT2D eigenvalue weighted by Crippen LogP contribution is 2.59. The number of amides is 1. The van der Waals surface area contributed by atoms with E-state index in [0.29, 0.717) is 12.1 Å². The Hall–Kier alpha value is -2.34. The number of hydrogen-bond acceptors (Lipinski definition) is 5. The molecule has 6 heteroatoms. The lowest BCUT2D eigenvalue weighted by molar-refractivity contribution is -0.136. The van der Waals surface area contributed by atoms with Crippen molar-refractivity contribution < 1.29 is 24.2 Å². The number of esters is 1. The van der Waals surface area contributed by atoms with Crippen LogP contribution in [0.4, 0.5) is 4.79 Å². The lowest BCUT2D eigenvalue weighted by atomic mass is 9.82. The maximum atomic E-state index is 12.7. The first-order valence-electron chi connectivity index (χ1n) is 10.2. The van der Waals surface area contributed by atoms with Gasteiger partial charge in [-0.2, -0.15) is 0 Å². The van der Waals surface area contributed by atoms with Gasteiger partial charge in [0.05, 0.1) is 19.2 Å². The van der Waals surface area contributed by atoms with Gasteiger partial charge < -0.3 is 19.5 Å². The lowest BCUT2D eigenvalue weighted by Gasteiger charge is -2.37. The minimum Gasteiger partial charge on any atom is -0.466 e. The molecule has 0 bridgehead atoms. The smallest absolute Gasteiger partial charge is 0.410 e. The third kappa shape index (κ3) is 4.81. The van der Waals surface area contributed by atoms with Crippen molar-refractivity contribution in [2.75, 3.05) is 26.8 Å². The van der Waals surface area contributed by atoms with E-state index in [1.807, 2.05) is 45.0 Å². The summed E-state index contributed by atoms with van der Waals surface area (Å²) in [6, 6.07) is 8.16. The molecule has 1 heterocycles. The Bertz CT molecular complexity index is 800. The molecule has 1 N–H and O–H groups in total. The topological polar surface area (TPSA) is 76.1 Å². The van der Waals surface area contributed by atoms with Crippen molar-refractivity contribution in [2.45, 2.75) is 52.1 Å². The number of methoxy groups -OCH3 is 1. The molecule has 0 radical (unpaired) electrons. The summed E-state index contributed by atoms with van der Waals surface area (Å²) in [5.41, 5.74) is 2.88. The number of carbonyl (C=O) groups is 2. The van der Waals surface area contributed by atoms with Gasteiger partial charge in [-0.25, -0.2) is 9.59 Å². The highest BCUT2D eigenvalue weighted by atomic mass is 16.6. The predicted octanol–water partition coefficient (Wildman–Crippen LogP) is 3.57. The van der Waals surface area contributed by atoms with Crippen LogP contribution in [0.1, 0.15) is 51.2 Å². The molecule has 0 aromatic heterocycles. The van der Waals surface area contributed by atoms with Crippen molar-refractivity contribution in [3.05, 3.63) is 41.0 Å². The molecule has 6 nitrogen and oxygen atoms in total. The number of ether oxygens (including phenoxy) is 2. The fourth-order valence-electron chi connectivity index (χ4n) is 4.00. The molecule has 1 amide bonds. The monoisotopic (exact) mass is 401 g/mol. The van der Waals surface area contributed by atoms with Crippen LogP contribution in [-0.2, 0) is 20.7 Å². The van der Waals surface area contributed by atoms with E-state index in [1.165, 1.54) is 7.11 Å². The molecule has 1 aliphatic heterocycles. The standard InChI is InChI=1S/C23H31NO5/c1-22(2,3)29-21(27)24-14-18(20(26)28-4)19(23(15-24)11-12-23)17-9-7-16(8-10-17)6-5-13-25/h7-10,25H,5-6,11-15H2,1-4H3. The number of rotatable bonds is 5. The summed E-state index contributed by atoms with van der Waals surface area (Å²) < 4.78 is 10.6. The minimum atomic E-state index is -0.590. The predicted molar refractivity (Wildman–Crippen MR) is 110 cm³/mol. The van der Waals surface area contributed by atoms with Crippen LogP contribution >= 0.6 is 0 Å². The van der Waals surface area contributed by atoms with Gasteiger partial charge in [0.25, 0.3) is 0 Å². The van der Waals surface area contributed by atoms with E-state index in [2.05, 4.69) is 0 Å². The second kappa shape index (κ2) is 8.19. The number of aliphatic hydroxyl groups is 1. The zero-order valence-electron chi connectivity index (χ0n) is 17.8. The Morgan fingerprint density at radius 1 is 1.17 bits per heavy atom. The van der Waals surface area contributed by atoms with Crippen LogP contribution in [0.2, 0.25) is 0 Å². The van der Waals surface area contributed by atoms with E-state index in [9.17, 15) is 9.59 Å². The molecule has 0 unspecified atom stereocenters. The molecule has 0 saturated heterocycles. The van der Waals surface area contributed by atoms with Gasteiger partial charge >= 0.3 is 12.1 Å². The average molecular weight is 402 g/mol. The van der Waals surface area contributed by atoms with Crippen molar-refractivity contribution >= 4 is 17.6 Å². The summed E-state index contributed by atoms with van der Waals surface area (Å²) in [5.74, 6) is -0.399. The van der Waals surface area contributed by atoms with Gasteiger partial charge in [0.1, 0.15) is 5.60 Å². The maximum Gasteiger partial charge on any atom is 0.410 e. The molecule has 1 aromatic rings. The first-order chi connectivity index (χ1) is 13.7. The average Bonchev–Trinajstić information content (AvgIpc) is 3.43. The summed E-state index contributed by atoms with van der Waals surface area (Å²) >= 11 is 0. The third-order valence-electron chi connectivity index (χ3n) is 5.48. The molecule has 1 saturated carbocycles. The fourth-order valence-corrected chi connectivity index (χ4v) is 4.00. The van der Waals surface area contributed by atoms with Gasteiger partial charge in [0, 0.05) is 18.6 Å². The number of carbonyl (C=O) groups excluding carboxylic acids is 2. The fraction of sp³-hybridized carbons (Fsp3) is 0.565. The largest absolute Gasteiger partial charge is 0.466 e. The first-order valence-corrected chi connectivity index (χ1v) is 10.2. The summed E-state index contributed by atoms with van der Waals surface area (Å²) in [7, 11) is 1.37. The maximum absolute atomic E-state index is 12.7. The molecule has 3 rings (SSSR count). The van der Waals surface area contributed by atoms with Crippen molar-refractivity contribution in [1.29, 1.82) is 0 Å². The van der Waals surface area contributed by atoms with E-state index in [0.717, 1.165) is 42.4 Å². The Balaban J connectivity index is 1.94. The second-order valence-corrected chi connectivity index (χ2v) is 8.99.